The first-order valence-corrected chi connectivity index (χ1v) is 6.13. The van der Waals surface area contributed by atoms with Crippen LogP contribution in [0.25, 0.3) is 0 Å². The zero-order chi connectivity index (χ0) is 11.8. The molecular formula is C16H16O. The SMILES string of the molecule is CC(C)c1cccc2c1Oc1ccccc1C2. The van der Waals surface area contributed by atoms with Gasteiger partial charge in [-0.1, -0.05) is 50.2 Å². The number of fused-ring (bicyclic) bond motifs is 2. The largest absolute Gasteiger partial charge is 0.456 e. The van der Waals surface area contributed by atoms with Gasteiger partial charge in [0.25, 0.3) is 0 Å². The molecule has 0 aromatic heterocycles. The monoisotopic (exact) mass is 224 g/mol. The highest BCUT2D eigenvalue weighted by molar-refractivity contribution is 5.53. The van der Waals surface area contributed by atoms with Crippen molar-refractivity contribution < 1.29 is 4.74 Å². The second kappa shape index (κ2) is 3.92. The molecule has 0 spiro atoms. The van der Waals surface area contributed by atoms with Gasteiger partial charge in [0.05, 0.1) is 0 Å². The molecule has 0 radical (unpaired) electrons. The summed E-state index contributed by atoms with van der Waals surface area (Å²) in [4.78, 5) is 0. The molecule has 0 aliphatic carbocycles. The van der Waals surface area contributed by atoms with E-state index in [0.717, 1.165) is 17.9 Å². The van der Waals surface area contributed by atoms with Gasteiger partial charge in [-0.25, -0.2) is 0 Å². The molecule has 0 saturated carbocycles. The lowest BCUT2D eigenvalue weighted by Crippen LogP contribution is -2.06. The van der Waals surface area contributed by atoms with Gasteiger partial charge in [0.15, 0.2) is 0 Å². The van der Waals surface area contributed by atoms with E-state index in [4.69, 9.17) is 4.74 Å². The van der Waals surface area contributed by atoms with E-state index in [-0.39, 0.29) is 0 Å². The van der Waals surface area contributed by atoms with E-state index < -0.39 is 0 Å². The van der Waals surface area contributed by atoms with Gasteiger partial charge in [-0.3, -0.25) is 0 Å². The number of ether oxygens (including phenoxy) is 1. The highest BCUT2D eigenvalue weighted by Gasteiger charge is 2.20. The molecule has 0 unspecified atom stereocenters. The summed E-state index contributed by atoms with van der Waals surface area (Å²) in [5, 5.41) is 0. The molecule has 2 aromatic rings. The maximum Gasteiger partial charge on any atom is 0.134 e. The fourth-order valence-corrected chi connectivity index (χ4v) is 2.39. The number of hydrogen-bond donors (Lipinski definition) is 0. The van der Waals surface area contributed by atoms with Crippen molar-refractivity contribution in [2.24, 2.45) is 0 Å². The van der Waals surface area contributed by atoms with Crippen molar-refractivity contribution in [1.29, 1.82) is 0 Å². The van der Waals surface area contributed by atoms with Crippen LogP contribution >= 0.6 is 0 Å². The van der Waals surface area contributed by atoms with E-state index in [9.17, 15) is 0 Å². The number of benzene rings is 2. The van der Waals surface area contributed by atoms with Gasteiger partial charge < -0.3 is 4.74 Å². The van der Waals surface area contributed by atoms with Crippen LogP contribution in [0.5, 0.6) is 11.5 Å². The summed E-state index contributed by atoms with van der Waals surface area (Å²) in [6.07, 6.45) is 0.978. The Kier molecular flexibility index (Phi) is 2.40. The Bertz CT molecular complexity index is 555. The molecule has 86 valence electrons. The van der Waals surface area contributed by atoms with Gasteiger partial charge >= 0.3 is 0 Å². The van der Waals surface area contributed by atoms with Crippen LogP contribution in [0, 0.1) is 0 Å². The van der Waals surface area contributed by atoms with Gasteiger partial charge in [0, 0.05) is 6.42 Å². The lowest BCUT2D eigenvalue weighted by atomic mass is 9.94. The van der Waals surface area contributed by atoms with Crippen molar-refractivity contribution in [3.05, 3.63) is 59.2 Å². The first kappa shape index (κ1) is 10.4. The molecule has 17 heavy (non-hydrogen) atoms. The average Bonchev–Trinajstić information content (AvgIpc) is 2.35. The van der Waals surface area contributed by atoms with Crippen LogP contribution in [0.3, 0.4) is 0 Å². The number of hydrogen-bond acceptors (Lipinski definition) is 1. The van der Waals surface area contributed by atoms with Crippen LogP contribution in [-0.2, 0) is 6.42 Å². The summed E-state index contributed by atoms with van der Waals surface area (Å²) in [5.41, 5.74) is 3.88. The molecule has 0 bridgehead atoms. The second-order valence-electron chi connectivity index (χ2n) is 4.88. The highest BCUT2D eigenvalue weighted by Crippen LogP contribution is 2.40. The number of para-hydroxylation sites is 2. The van der Waals surface area contributed by atoms with Crippen molar-refractivity contribution >= 4 is 0 Å². The van der Waals surface area contributed by atoms with E-state index in [1.165, 1.54) is 16.7 Å². The van der Waals surface area contributed by atoms with Gasteiger partial charge in [0.2, 0.25) is 0 Å². The average molecular weight is 224 g/mol. The van der Waals surface area contributed by atoms with E-state index in [2.05, 4.69) is 50.2 Å². The van der Waals surface area contributed by atoms with E-state index in [1.54, 1.807) is 0 Å². The van der Waals surface area contributed by atoms with Gasteiger partial charge in [0.1, 0.15) is 11.5 Å². The maximum atomic E-state index is 6.07. The zero-order valence-electron chi connectivity index (χ0n) is 10.2. The van der Waals surface area contributed by atoms with Crippen molar-refractivity contribution in [2.75, 3.05) is 0 Å². The minimum atomic E-state index is 0.496. The third kappa shape index (κ3) is 1.72. The van der Waals surface area contributed by atoms with Crippen molar-refractivity contribution in [3.63, 3.8) is 0 Å². The fraction of sp³-hybridized carbons (Fsp3) is 0.250. The predicted octanol–water partition coefficient (Wildman–Crippen LogP) is 4.51. The Hall–Kier alpha value is -1.76. The van der Waals surface area contributed by atoms with Crippen molar-refractivity contribution in [3.8, 4) is 11.5 Å². The molecule has 0 fully saturated rings. The Morgan fingerprint density at radius 3 is 2.53 bits per heavy atom. The smallest absolute Gasteiger partial charge is 0.134 e. The third-order valence-electron chi connectivity index (χ3n) is 3.31. The zero-order valence-corrected chi connectivity index (χ0v) is 10.2. The second-order valence-corrected chi connectivity index (χ2v) is 4.88. The van der Waals surface area contributed by atoms with Gasteiger partial charge in [-0.05, 0) is 28.7 Å². The molecule has 3 rings (SSSR count). The summed E-state index contributed by atoms with van der Waals surface area (Å²) in [5.74, 6) is 2.57. The molecule has 2 aromatic carbocycles. The Labute approximate surface area is 102 Å². The van der Waals surface area contributed by atoms with E-state index in [1.807, 2.05) is 6.07 Å². The lowest BCUT2D eigenvalue weighted by molar-refractivity contribution is 0.451. The maximum absolute atomic E-state index is 6.07. The van der Waals surface area contributed by atoms with Crippen molar-refractivity contribution in [1.82, 2.24) is 0 Å². The summed E-state index contributed by atoms with van der Waals surface area (Å²) < 4.78 is 6.07. The topological polar surface area (TPSA) is 9.23 Å². The first-order valence-electron chi connectivity index (χ1n) is 6.13. The van der Waals surface area contributed by atoms with Crippen molar-refractivity contribution in [2.45, 2.75) is 26.2 Å². The minimum absolute atomic E-state index is 0.496. The Morgan fingerprint density at radius 2 is 1.71 bits per heavy atom. The Balaban J connectivity index is 2.12. The summed E-state index contributed by atoms with van der Waals surface area (Å²) >= 11 is 0. The molecule has 0 atom stereocenters. The molecule has 1 aliphatic heterocycles. The van der Waals surface area contributed by atoms with Crippen LogP contribution in [0.2, 0.25) is 0 Å². The molecule has 1 nitrogen and oxygen atoms in total. The van der Waals surface area contributed by atoms with Crippen LogP contribution in [0.1, 0.15) is 36.5 Å². The summed E-state index contributed by atoms with van der Waals surface area (Å²) in [7, 11) is 0. The van der Waals surface area contributed by atoms with Crippen LogP contribution < -0.4 is 4.74 Å². The molecular weight excluding hydrogens is 208 g/mol. The molecule has 1 heterocycles. The summed E-state index contributed by atoms with van der Waals surface area (Å²) in [6, 6.07) is 14.7. The molecule has 1 aliphatic rings. The standard InChI is InChI=1S/C16H16O/c1-11(2)14-8-5-7-13-10-12-6-3-4-9-15(12)17-16(13)14/h3-9,11H,10H2,1-2H3. The Morgan fingerprint density at radius 1 is 0.941 bits per heavy atom. The predicted molar refractivity (Wildman–Crippen MR) is 69.9 cm³/mol. The van der Waals surface area contributed by atoms with Gasteiger partial charge in [-0.15, -0.1) is 0 Å². The fourth-order valence-electron chi connectivity index (χ4n) is 2.39. The summed E-state index contributed by atoms with van der Waals surface area (Å²) in [6.45, 7) is 4.42. The third-order valence-corrected chi connectivity index (χ3v) is 3.31. The van der Waals surface area contributed by atoms with Crippen LogP contribution in [-0.4, -0.2) is 0 Å². The molecule has 0 saturated heterocycles. The lowest BCUT2D eigenvalue weighted by Gasteiger charge is -2.23. The molecule has 0 amide bonds. The number of rotatable bonds is 1. The van der Waals surface area contributed by atoms with Gasteiger partial charge in [-0.2, -0.15) is 0 Å². The van der Waals surface area contributed by atoms with E-state index in [0.29, 0.717) is 5.92 Å². The first-order chi connectivity index (χ1) is 8.25. The van der Waals surface area contributed by atoms with Crippen LogP contribution in [0.4, 0.5) is 0 Å². The van der Waals surface area contributed by atoms with Crippen LogP contribution in [0.15, 0.2) is 42.5 Å². The normalized spacial score (nSPS) is 12.9. The minimum Gasteiger partial charge on any atom is -0.456 e. The quantitative estimate of drug-likeness (QED) is 0.591. The molecule has 0 N–H and O–H groups in total. The van der Waals surface area contributed by atoms with E-state index >= 15 is 0 Å². The molecule has 1 heteroatoms. The highest BCUT2D eigenvalue weighted by atomic mass is 16.5.